The lowest BCUT2D eigenvalue weighted by atomic mass is 10.1. The second-order valence-electron chi connectivity index (χ2n) is 12.0. The topological polar surface area (TPSA) is 101 Å². The highest BCUT2D eigenvalue weighted by molar-refractivity contribution is 5.81. The summed E-state index contributed by atoms with van der Waals surface area (Å²) in [5, 5.41) is 15.1. The summed E-state index contributed by atoms with van der Waals surface area (Å²) in [4.78, 5) is 16.3. The van der Waals surface area contributed by atoms with E-state index < -0.39 is 0 Å². The van der Waals surface area contributed by atoms with Gasteiger partial charge in [0.15, 0.2) is 6.19 Å². The molecule has 0 bridgehead atoms. The largest absolute Gasteiger partial charge is 0.497 e. The smallest absolute Gasteiger partial charge is 0.204 e. The summed E-state index contributed by atoms with van der Waals surface area (Å²) in [6.45, 7) is 8.83. The Hall–Kier alpha value is -4.33. The molecule has 1 aliphatic rings. The molecule has 1 saturated heterocycles. The maximum Gasteiger partial charge on any atom is 0.204 e. The lowest BCUT2D eigenvalue weighted by Gasteiger charge is -2.27. The van der Waals surface area contributed by atoms with E-state index in [4.69, 9.17) is 9.47 Å². The Labute approximate surface area is 281 Å². The number of ether oxygens (including phenoxy) is 2. The van der Waals surface area contributed by atoms with E-state index >= 15 is 0 Å². The number of aliphatic imine (C=N–C) groups is 1. The van der Waals surface area contributed by atoms with E-state index in [-0.39, 0.29) is 0 Å². The fourth-order valence-electron chi connectivity index (χ4n) is 5.63. The van der Waals surface area contributed by atoms with Crippen molar-refractivity contribution in [3.05, 3.63) is 84.1 Å². The van der Waals surface area contributed by atoms with Crippen molar-refractivity contribution < 1.29 is 9.47 Å². The Morgan fingerprint density at radius 2 is 1.79 bits per heavy atom. The van der Waals surface area contributed by atoms with Gasteiger partial charge in [0.05, 0.1) is 13.7 Å². The van der Waals surface area contributed by atoms with Crippen LogP contribution >= 0.6 is 0 Å². The first-order valence-corrected chi connectivity index (χ1v) is 17.0. The number of rotatable bonds is 19. The molecule has 47 heavy (non-hydrogen) atoms. The molecule has 10 heteroatoms. The van der Waals surface area contributed by atoms with Gasteiger partial charge in [-0.15, -0.1) is 0 Å². The second kappa shape index (κ2) is 20.7. The minimum absolute atomic E-state index is 0.522. The molecule has 2 aromatic carbocycles. The zero-order valence-corrected chi connectivity index (χ0v) is 28.2. The van der Waals surface area contributed by atoms with Gasteiger partial charge in [0, 0.05) is 51.9 Å². The molecule has 0 saturated carbocycles. The van der Waals surface area contributed by atoms with Gasteiger partial charge in [-0.1, -0.05) is 36.8 Å². The van der Waals surface area contributed by atoms with Crippen LogP contribution in [0.15, 0.2) is 77.9 Å². The Morgan fingerprint density at radius 3 is 2.55 bits per heavy atom. The molecule has 0 spiro atoms. The minimum Gasteiger partial charge on any atom is -0.497 e. The van der Waals surface area contributed by atoms with Gasteiger partial charge >= 0.3 is 0 Å². The molecule has 252 valence electrons. The molecule has 10 nitrogen and oxygen atoms in total. The number of aromatic nitrogens is 1. The highest BCUT2D eigenvalue weighted by atomic mass is 16.5. The Bertz CT molecular complexity index is 1360. The molecule has 3 aromatic rings. The number of piperidine rings is 1. The summed E-state index contributed by atoms with van der Waals surface area (Å²) in [6, 6.07) is 22.7. The molecular formula is C37H52N8O2. The number of benzene rings is 2. The Morgan fingerprint density at radius 1 is 0.936 bits per heavy atom. The predicted molar refractivity (Wildman–Crippen MR) is 190 cm³/mol. The van der Waals surface area contributed by atoms with Crippen LogP contribution in [0.25, 0.3) is 0 Å². The third-order valence-electron chi connectivity index (χ3n) is 8.29. The lowest BCUT2D eigenvalue weighted by Crippen LogP contribution is -2.36. The lowest BCUT2D eigenvalue weighted by molar-refractivity contribution is 0.220. The van der Waals surface area contributed by atoms with Gasteiger partial charge in [-0.25, -0.2) is 4.98 Å². The maximum atomic E-state index is 9.18. The van der Waals surface area contributed by atoms with Crippen molar-refractivity contribution in [3.63, 3.8) is 0 Å². The average molecular weight is 641 g/mol. The van der Waals surface area contributed by atoms with E-state index in [1.807, 2.05) is 42.7 Å². The Kier molecular flexibility index (Phi) is 15.7. The van der Waals surface area contributed by atoms with Crippen LogP contribution in [0.4, 0.5) is 5.82 Å². The van der Waals surface area contributed by atoms with Crippen LogP contribution in [0.2, 0.25) is 0 Å². The van der Waals surface area contributed by atoms with Gasteiger partial charge < -0.3 is 24.6 Å². The third-order valence-corrected chi connectivity index (χ3v) is 8.29. The fraction of sp³-hybridized carbons (Fsp3) is 0.486. The number of hydrogen-bond acceptors (Lipinski definition) is 8. The number of nitrogens with one attached hydrogen (secondary N) is 2. The zero-order chi connectivity index (χ0) is 32.9. The highest BCUT2D eigenvalue weighted by Crippen LogP contribution is 2.19. The van der Waals surface area contributed by atoms with Gasteiger partial charge in [0.2, 0.25) is 5.96 Å². The van der Waals surface area contributed by atoms with Crippen molar-refractivity contribution in [2.45, 2.75) is 51.6 Å². The van der Waals surface area contributed by atoms with Gasteiger partial charge in [0.25, 0.3) is 0 Å². The molecule has 1 aromatic heterocycles. The number of guanidine groups is 1. The minimum atomic E-state index is 0.522. The van der Waals surface area contributed by atoms with E-state index in [0.29, 0.717) is 19.1 Å². The van der Waals surface area contributed by atoms with Crippen LogP contribution in [-0.4, -0.2) is 87.3 Å². The van der Waals surface area contributed by atoms with Crippen molar-refractivity contribution in [3.8, 4) is 17.7 Å². The van der Waals surface area contributed by atoms with Crippen molar-refractivity contribution in [1.29, 1.82) is 5.26 Å². The van der Waals surface area contributed by atoms with Crippen LogP contribution in [0.1, 0.15) is 49.7 Å². The van der Waals surface area contributed by atoms with E-state index in [1.165, 1.54) is 43.5 Å². The summed E-state index contributed by atoms with van der Waals surface area (Å²) in [5.41, 5.74) is 2.52. The second-order valence-corrected chi connectivity index (χ2v) is 12.0. The molecule has 0 unspecified atom stereocenters. The van der Waals surface area contributed by atoms with Gasteiger partial charge in [-0.05, 0) is 99.9 Å². The van der Waals surface area contributed by atoms with Gasteiger partial charge in [0.1, 0.15) is 17.3 Å². The molecule has 1 fully saturated rings. The maximum absolute atomic E-state index is 9.18. The third kappa shape index (κ3) is 13.5. The van der Waals surface area contributed by atoms with Crippen molar-refractivity contribution >= 4 is 11.8 Å². The van der Waals surface area contributed by atoms with E-state index in [9.17, 15) is 5.26 Å². The summed E-state index contributed by atoms with van der Waals surface area (Å²) in [5.74, 6) is 3.26. The van der Waals surface area contributed by atoms with Gasteiger partial charge in [-0.2, -0.15) is 5.26 Å². The van der Waals surface area contributed by atoms with E-state index in [2.05, 4.69) is 78.8 Å². The summed E-state index contributed by atoms with van der Waals surface area (Å²) >= 11 is 0. The standard InChI is InChI=1S/C37H52N8O2/c1-43(25-26-45(36-14-4-5-19-39-36)30-32-15-17-34(46-2)18-16-32)22-9-6-20-40-37(42-31-38)41-21-11-27-47-35-13-10-12-33(28-35)29-44-23-7-3-8-24-44/h4-5,10,12-19,28H,3,6-9,11,20-27,29-30H2,1-2H3,(H2,40,41,42). The molecule has 2 N–H and O–H groups in total. The fourth-order valence-corrected chi connectivity index (χ4v) is 5.63. The molecule has 4 rings (SSSR count). The number of nitrogens with zero attached hydrogens (tertiary/aromatic N) is 6. The number of unbranched alkanes of at least 4 members (excludes halogenated alkanes) is 1. The van der Waals surface area contributed by atoms with Crippen LogP contribution in [0, 0.1) is 11.5 Å². The van der Waals surface area contributed by atoms with Crippen molar-refractivity contribution in [2.24, 2.45) is 4.99 Å². The average Bonchev–Trinajstić information content (AvgIpc) is 3.11. The first-order valence-electron chi connectivity index (χ1n) is 17.0. The first-order chi connectivity index (χ1) is 23.1. The van der Waals surface area contributed by atoms with Crippen molar-refractivity contribution in [2.75, 3.05) is 71.5 Å². The molecule has 0 atom stereocenters. The van der Waals surface area contributed by atoms with Crippen molar-refractivity contribution in [1.82, 2.24) is 25.4 Å². The molecule has 0 radical (unpaired) electrons. The number of likely N-dealkylation sites (tertiary alicyclic amines) is 1. The number of hydrogen-bond donors (Lipinski definition) is 2. The number of likely N-dealkylation sites (N-methyl/N-ethyl adjacent to an activating group) is 1. The Balaban J connectivity index is 1.11. The van der Waals surface area contributed by atoms with E-state index in [0.717, 1.165) is 75.8 Å². The number of anilines is 1. The zero-order valence-electron chi connectivity index (χ0n) is 28.2. The molecule has 0 aliphatic carbocycles. The molecular weight excluding hydrogens is 588 g/mol. The molecule has 1 aliphatic heterocycles. The van der Waals surface area contributed by atoms with Crippen LogP contribution < -0.4 is 25.0 Å². The highest BCUT2D eigenvalue weighted by Gasteiger charge is 2.12. The SMILES string of the molecule is COc1ccc(CN(CCN(C)CCCCNC(=NCCCOc2cccc(CN3CCCCC3)c2)NC#N)c2ccccn2)cc1. The predicted octanol–water partition coefficient (Wildman–Crippen LogP) is 5.28. The van der Waals surface area contributed by atoms with Crippen LogP contribution in [0.3, 0.4) is 0 Å². The van der Waals surface area contributed by atoms with Crippen LogP contribution in [-0.2, 0) is 13.1 Å². The molecule has 0 amide bonds. The normalized spacial score (nSPS) is 13.6. The quantitative estimate of drug-likeness (QED) is 0.0596. The number of pyridine rings is 1. The summed E-state index contributed by atoms with van der Waals surface area (Å²) in [7, 11) is 3.85. The summed E-state index contributed by atoms with van der Waals surface area (Å²) < 4.78 is 11.3. The first kappa shape index (κ1) is 35.5. The van der Waals surface area contributed by atoms with Crippen LogP contribution in [0.5, 0.6) is 11.5 Å². The summed E-state index contributed by atoms with van der Waals surface area (Å²) in [6.07, 6.45) is 10.6. The monoisotopic (exact) mass is 640 g/mol. The van der Waals surface area contributed by atoms with E-state index in [1.54, 1.807) is 7.11 Å². The number of nitriles is 1. The molecule has 2 heterocycles. The van der Waals surface area contributed by atoms with Gasteiger partial charge in [-0.3, -0.25) is 15.2 Å². The number of methoxy groups -OCH3 is 1.